The average Bonchev–Trinajstić information content (AvgIpc) is 2.75. The predicted molar refractivity (Wildman–Crippen MR) is 127 cm³/mol. The van der Waals surface area contributed by atoms with Crippen molar-refractivity contribution in [3.63, 3.8) is 0 Å². The van der Waals surface area contributed by atoms with Crippen molar-refractivity contribution in [1.29, 1.82) is 0 Å². The van der Waals surface area contributed by atoms with Gasteiger partial charge in [-0.15, -0.1) is 0 Å². The Bertz CT molecular complexity index is 891. The summed E-state index contributed by atoms with van der Waals surface area (Å²) in [4.78, 5) is 27.9. The smallest absolute Gasteiger partial charge is 0.242 e. The van der Waals surface area contributed by atoms with E-state index >= 15 is 0 Å². The summed E-state index contributed by atoms with van der Waals surface area (Å²) < 4.78 is 0. The van der Waals surface area contributed by atoms with E-state index in [1.165, 1.54) is 6.42 Å². The van der Waals surface area contributed by atoms with Crippen LogP contribution in [0.3, 0.4) is 0 Å². The molecule has 1 N–H and O–H groups in total. The summed E-state index contributed by atoms with van der Waals surface area (Å²) in [6, 6.07) is 11.9. The Morgan fingerprint density at radius 3 is 2.23 bits per heavy atom. The second-order valence-corrected chi connectivity index (χ2v) is 9.30. The maximum absolute atomic E-state index is 13.3. The lowest BCUT2D eigenvalue weighted by Gasteiger charge is -2.31. The highest BCUT2D eigenvalue weighted by Gasteiger charge is 2.29. The lowest BCUT2D eigenvalue weighted by molar-refractivity contribution is -0.140. The molecule has 4 nitrogen and oxygen atoms in total. The van der Waals surface area contributed by atoms with Gasteiger partial charge in [0.05, 0.1) is 6.42 Å². The van der Waals surface area contributed by atoms with E-state index in [0.29, 0.717) is 20.6 Å². The van der Waals surface area contributed by atoms with Crippen molar-refractivity contribution in [2.45, 2.75) is 64.1 Å². The molecule has 31 heavy (non-hydrogen) atoms. The van der Waals surface area contributed by atoms with Crippen molar-refractivity contribution in [1.82, 2.24) is 10.2 Å². The molecule has 2 aromatic carbocycles. The van der Waals surface area contributed by atoms with Crippen LogP contribution >= 0.6 is 34.8 Å². The van der Waals surface area contributed by atoms with Gasteiger partial charge in [0.15, 0.2) is 0 Å². The Labute approximate surface area is 198 Å². The minimum Gasteiger partial charge on any atom is -0.352 e. The van der Waals surface area contributed by atoms with Crippen LogP contribution in [-0.2, 0) is 22.6 Å². The number of hydrogen-bond acceptors (Lipinski definition) is 2. The number of rotatable bonds is 7. The summed E-state index contributed by atoms with van der Waals surface area (Å²) in [5.74, 6) is -0.330. The number of halogens is 3. The van der Waals surface area contributed by atoms with Crippen LogP contribution in [0.15, 0.2) is 42.5 Å². The number of amides is 2. The fourth-order valence-corrected chi connectivity index (χ4v) is 4.53. The van der Waals surface area contributed by atoms with E-state index in [9.17, 15) is 9.59 Å². The molecule has 0 aromatic heterocycles. The topological polar surface area (TPSA) is 49.4 Å². The van der Waals surface area contributed by atoms with Crippen molar-refractivity contribution < 1.29 is 9.59 Å². The van der Waals surface area contributed by atoms with Crippen molar-refractivity contribution in [3.8, 4) is 0 Å². The van der Waals surface area contributed by atoms with Gasteiger partial charge in [-0.2, -0.15) is 0 Å². The Morgan fingerprint density at radius 2 is 1.61 bits per heavy atom. The van der Waals surface area contributed by atoms with Gasteiger partial charge >= 0.3 is 0 Å². The molecule has 1 aliphatic rings. The van der Waals surface area contributed by atoms with E-state index in [-0.39, 0.29) is 30.8 Å². The van der Waals surface area contributed by atoms with Gasteiger partial charge in [0.25, 0.3) is 0 Å². The molecule has 0 radical (unpaired) electrons. The van der Waals surface area contributed by atoms with E-state index in [4.69, 9.17) is 34.8 Å². The SMILES string of the molecule is CC(C(=O)NC1CCCCC1)N(Cc1c(Cl)cccc1Cl)C(=O)Cc1ccc(Cl)cc1. The highest BCUT2D eigenvalue weighted by Crippen LogP contribution is 2.27. The maximum atomic E-state index is 13.3. The normalized spacial score (nSPS) is 15.4. The zero-order valence-corrected chi connectivity index (χ0v) is 19.8. The summed E-state index contributed by atoms with van der Waals surface area (Å²) in [6.07, 6.45) is 5.56. The van der Waals surface area contributed by atoms with Crippen LogP contribution in [0, 0.1) is 0 Å². The van der Waals surface area contributed by atoms with Crippen LogP contribution in [0.25, 0.3) is 0 Å². The standard InChI is InChI=1S/C24H27Cl3N2O2/c1-16(24(31)28-19-6-3-2-4-7-19)29(15-20-21(26)8-5-9-22(20)27)23(30)14-17-10-12-18(25)13-11-17/h5,8-13,16,19H,2-4,6-7,14-15H2,1H3,(H,28,31). The van der Waals surface area contributed by atoms with Crippen molar-refractivity contribution in [2.24, 2.45) is 0 Å². The van der Waals surface area contributed by atoms with Gasteiger partial charge in [-0.05, 0) is 49.6 Å². The van der Waals surface area contributed by atoms with Crippen molar-refractivity contribution >= 4 is 46.6 Å². The summed E-state index contributed by atoms with van der Waals surface area (Å²) in [6.45, 7) is 1.91. The zero-order chi connectivity index (χ0) is 22.4. The summed E-state index contributed by atoms with van der Waals surface area (Å²) in [5, 5.41) is 4.67. The van der Waals surface area contributed by atoms with Crippen LogP contribution in [0.5, 0.6) is 0 Å². The van der Waals surface area contributed by atoms with Gasteiger partial charge in [-0.25, -0.2) is 0 Å². The van der Waals surface area contributed by atoms with Crippen molar-refractivity contribution in [3.05, 3.63) is 68.7 Å². The van der Waals surface area contributed by atoms with Crippen LogP contribution in [-0.4, -0.2) is 28.8 Å². The number of nitrogens with zero attached hydrogens (tertiary/aromatic N) is 1. The molecule has 1 unspecified atom stereocenters. The van der Waals surface area contributed by atoms with Crippen LogP contribution in [0.4, 0.5) is 0 Å². The molecule has 2 amide bonds. The highest BCUT2D eigenvalue weighted by atomic mass is 35.5. The number of hydrogen-bond donors (Lipinski definition) is 1. The molecule has 166 valence electrons. The molecule has 0 heterocycles. The molecule has 1 saturated carbocycles. The van der Waals surface area contributed by atoms with Crippen LogP contribution in [0.2, 0.25) is 15.1 Å². The van der Waals surface area contributed by atoms with E-state index in [1.807, 2.05) is 12.1 Å². The molecule has 7 heteroatoms. The third kappa shape index (κ3) is 6.61. The molecule has 1 aliphatic carbocycles. The Morgan fingerprint density at radius 1 is 1.00 bits per heavy atom. The molecule has 0 aliphatic heterocycles. The fraction of sp³-hybridized carbons (Fsp3) is 0.417. The lowest BCUT2D eigenvalue weighted by Crippen LogP contribution is -2.50. The summed E-state index contributed by atoms with van der Waals surface area (Å²) in [5.41, 5.74) is 1.46. The van der Waals surface area contributed by atoms with Gasteiger partial charge in [0.2, 0.25) is 11.8 Å². The molecule has 2 aromatic rings. The van der Waals surface area contributed by atoms with Gasteiger partial charge < -0.3 is 10.2 Å². The van der Waals surface area contributed by atoms with E-state index in [2.05, 4.69) is 5.32 Å². The first-order valence-corrected chi connectivity index (χ1v) is 11.8. The molecule has 0 saturated heterocycles. The quantitative estimate of drug-likeness (QED) is 0.523. The van der Waals surface area contributed by atoms with Crippen molar-refractivity contribution in [2.75, 3.05) is 0 Å². The third-order valence-electron chi connectivity index (χ3n) is 5.78. The van der Waals surface area contributed by atoms with E-state index in [0.717, 1.165) is 31.2 Å². The lowest BCUT2D eigenvalue weighted by atomic mass is 9.95. The first-order valence-electron chi connectivity index (χ1n) is 10.6. The van der Waals surface area contributed by atoms with Crippen LogP contribution < -0.4 is 5.32 Å². The summed E-state index contributed by atoms with van der Waals surface area (Å²) >= 11 is 18.7. The first-order chi connectivity index (χ1) is 14.8. The molecule has 3 rings (SSSR count). The fourth-order valence-electron chi connectivity index (χ4n) is 3.88. The number of carbonyl (C=O) groups is 2. The third-order valence-corrected chi connectivity index (χ3v) is 6.74. The Balaban J connectivity index is 1.80. The molecule has 0 spiro atoms. The molecular weight excluding hydrogens is 455 g/mol. The number of nitrogens with one attached hydrogen (secondary N) is 1. The van der Waals surface area contributed by atoms with Gasteiger partial charge in [0, 0.05) is 33.2 Å². The monoisotopic (exact) mass is 480 g/mol. The minimum atomic E-state index is -0.658. The highest BCUT2D eigenvalue weighted by molar-refractivity contribution is 6.36. The number of benzene rings is 2. The zero-order valence-electron chi connectivity index (χ0n) is 17.5. The Kier molecular flexibility index (Phi) is 8.65. The minimum absolute atomic E-state index is 0.153. The number of carbonyl (C=O) groups excluding carboxylic acids is 2. The largest absolute Gasteiger partial charge is 0.352 e. The molecule has 1 atom stereocenters. The molecular formula is C24H27Cl3N2O2. The second kappa shape index (κ2) is 11.2. The molecule has 0 bridgehead atoms. The average molecular weight is 482 g/mol. The maximum Gasteiger partial charge on any atom is 0.242 e. The van der Waals surface area contributed by atoms with Crippen LogP contribution in [0.1, 0.15) is 50.2 Å². The molecule has 1 fully saturated rings. The van der Waals surface area contributed by atoms with Gasteiger partial charge in [0.1, 0.15) is 6.04 Å². The predicted octanol–water partition coefficient (Wildman–Crippen LogP) is 6.06. The van der Waals surface area contributed by atoms with E-state index in [1.54, 1.807) is 42.2 Å². The van der Waals surface area contributed by atoms with E-state index < -0.39 is 6.04 Å². The van der Waals surface area contributed by atoms with Gasteiger partial charge in [-0.3, -0.25) is 9.59 Å². The summed E-state index contributed by atoms with van der Waals surface area (Å²) in [7, 11) is 0. The second-order valence-electron chi connectivity index (χ2n) is 8.04. The Hall–Kier alpha value is -1.75. The first kappa shape index (κ1) is 23.9. The van der Waals surface area contributed by atoms with Gasteiger partial charge in [-0.1, -0.05) is 72.3 Å².